The number of benzene rings is 2. The Morgan fingerprint density at radius 1 is 1.00 bits per heavy atom. The Balaban J connectivity index is 1.49. The van der Waals surface area contributed by atoms with E-state index in [4.69, 9.17) is 9.47 Å². The van der Waals surface area contributed by atoms with Crippen LogP contribution in [0.25, 0.3) is 0 Å². The van der Waals surface area contributed by atoms with Crippen LogP contribution in [0.15, 0.2) is 42.5 Å². The summed E-state index contributed by atoms with van der Waals surface area (Å²) in [6, 6.07) is 13.4. The fourth-order valence-corrected chi connectivity index (χ4v) is 3.61. The number of nitrogens with one attached hydrogen (secondary N) is 2. The number of hydrogen-bond acceptors (Lipinski definition) is 6. The van der Waals surface area contributed by atoms with Crippen molar-refractivity contribution in [1.29, 1.82) is 0 Å². The van der Waals surface area contributed by atoms with Gasteiger partial charge in [0.2, 0.25) is 0 Å². The third-order valence-corrected chi connectivity index (χ3v) is 5.18. The van der Waals surface area contributed by atoms with Crippen LogP contribution in [0.4, 0.5) is 16.5 Å². The van der Waals surface area contributed by atoms with E-state index in [0.717, 1.165) is 5.69 Å². The van der Waals surface area contributed by atoms with Gasteiger partial charge in [0.1, 0.15) is 18.1 Å². The Morgan fingerprint density at radius 2 is 1.70 bits per heavy atom. The number of carbonyl (C=O) groups excluding carboxylic acids is 1. The first-order valence-corrected chi connectivity index (χ1v) is 9.42. The number of anilines is 3. The van der Waals surface area contributed by atoms with Crippen LogP contribution in [-0.2, 0) is 0 Å². The van der Waals surface area contributed by atoms with E-state index in [1.165, 1.54) is 16.9 Å². The van der Waals surface area contributed by atoms with Gasteiger partial charge in [0.25, 0.3) is 5.91 Å². The van der Waals surface area contributed by atoms with Gasteiger partial charge in [0.05, 0.1) is 5.69 Å². The number of thiazole rings is 1. The van der Waals surface area contributed by atoms with Crippen molar-refractivity contribution in [2.45, 2.75) is 13.8 Å². The van der Waals surface area contributed by atoms with Crippen LogP contribution in [0, 0.1) is 13.8 Å². The molecule has 0 saturated carbocycles. The van der Waals surface area contributed by atoms with Crippen LogP contribution in [0.3, 0.4) is 0 Å². The minimum Gasteiger partial charge on any atom is -0.486 e. The third kappa shape index (κ3) is 3.88. The number of carbonyl (C=O) groups is 1. The van der Waals surface area contributed by atoms with Crippen molar-refractivity contribution in [3.63, 3.8) is 0 Å². The Labute approximate surface area is 161 Å². The van der Waals surface area contributed by atoms with E-state index in [1.54, 1.807) is 18.2 Å². The van der Waals surface area contributed by atoms with Crippen LogP contribution in [0.1, 0.15) is 20.9 Å². The summed E-state index contributed by atoms with van der Waals surface area (Å²) in [6.07, 6.45) is 0. The van der Waals surface area contributed by atoms with Crippen LogP contribution >= 0.6 is 11.3 Å². The Hall–Kier alpha value is -3.06. The quantitative estimate of drug-likeness (QED) is 0.695. The normalized spacial score (nSPS) is 12.5. The predicted molar refractivity (Wildman–Crippen MR) is 107 cm³/mol. The molecule has 0 atom stereocenters. The van der Waals surface area contributed by atoms with Gasteiger partial charge in [-0.05, 0) is 38.1 Å². The van der Waals surface area contributed by atoms with Crippen molar-refractivity contribution in [3.8, 4) is 11.5 Å². The van der Waals surface area contributed by atoms with Gasteiger partial charge in [-0.15, -0.1) is 0 Å². The van der Waals surface area contributed by atoms with E-state index >= 15 is 0 Å². The summed E-state index contributed by atoms with van der Waals surface area (Å²) in [5.41, 5.74) is 3.47. The number of aromatic nitrogens is 1. The van der Waals surface area contributed by atoms with Gasteiger partial charge in [0.15, 0.2) is 16.6 Å². The molecule has 0 fully saturated rings. The fraction of sp³-hybridized carbons (Fsp3) is 0.200. The lowest BCUT2D eigenvalue weighted by molar-refractivity contribution is 0.102. The van der Waals surface area contributed by atoms with Crippen molar-refractivity contribution in [3.05, 3.63) is 58.6 Å². The van der Waals surface area contributed by atoms with Crippen molar-refractivity contribution < 1.29 is 14.3 Å². The van der Waals surface area contributed by atoms with Gasteiger partial charge in [-0.2, -0.15) is 0 Å². The van der Waals surface area contributed by atoms with E-state index in [2.05, 4.69) is 15.6 Å². The highest BCUT2D eigenvalue weighted by molar-refractivity contribution is 7.17. The summed E-state index contributed by atoms with van der Waals surface area (Å²) in [5, 5.41) is 6.83. The molecule has 2 heterocycles. The van der Waals surface area contributed by atoms with E-state index < -0.39 is 0 Å². The molecule has 0 saturated heterocycles. The molecule has 0 spiro atoms. The van der Waals surface area contributed by atoms with Gasteiger partial charge >= 0.3 is 0 Å². The first-order valence-electron chi connectivity index (χ1n) is 8.60. The zero-order valence-electron chi connectivity index (χ0n) is 15.0. The topological polar surface area (TPSA) is 72.5 Å². The van der Waals surface area contributed by atoms with E-state index in [1.807, 2.05) is 38.1 Å². The average Bonchev–Trinajstić information content (AvgIpc) is 3.04. The van der Waals surface area contributed by atoms with E-state index in [0.29, 0.717) is 46.1 Å². The maximum absolute atomic E-state index is 12.7. The Kier molecular flexibility index (Phi) is 4.68. The molecule has 1 aliphatic heterocycles. The summed E-state index contributed by atoms with van der Waals surface area (Å²) < 4.78 is 11.1. The molecule has 2 aromatic carbocycles. The lowest BCUT2D eigenvalue weighted by Crippen LogP contribution is -2.16. The highest BCUT2D eigenvalue weighted by Crippen LogP contribution is 2.33. The van der Waals surface area contributed by atoms with Gasteiger partial charge in [-0.1, -0.05) is 29.0 Å². The van der Waals surface area contributed by atoms with Crippen molar-refractivity contribution in [2.75, 3.05) is 23.8 Å². The van der Waals surface area contributed by atoms with Crippen LogP contribution in [0.2, 0.25) is 0 Å². The molecular formula is C20H19N3O3S. The second-order valence-corrected chi connectivity index (χ2v) is 7.24. The van der Waals surface area contributed by atoms with Gasteiger partial charge < -0.3 is 20.1 Å². The first kappa shape index (κ1) is 17.4. The van der Waals surface area contributed by atoms with Gasteiger partial charge in [-0.3, -0.25) is 4.79 Å². The smallest absolute Gasteiger partial charge is 0.267 e. The van der Waals surface area contributed by atoms with E-state index in [-0.39, 0.29) is 5.91 Å². The summed E-state index contributed by atoms with van der Waals surface area (Å²) in [7, 11) is 0. The number of amides is 1. The molecule has 2 N–H and O–H groups in total. The zero-order chi connectivity index (χ0) is 18.8. The lowest BCUT2D eigenvalue weighted by atomic mass is 10.2. The summed E-state index contributed by atoms with van der Waals surface area (Å²) in [5.74, 6) is 1.14. The minimum atomic E-state index is -0.196. The molecule has 1 aromatic heterocycles. The van der Waals surface area contributed by atoms with Crippen LogP contribution in [0.5, 0.6) is 11.5 Å². The Bertz CT molecular complexity index is 983. The second kappa shape index (κ2) is 7.28. The van der Waals surface area contributed by atoms with Gasteiger partial charge in [0, 0.05) is 17.4 Å². The maximum atomic E-state index is 12.7. The number of nitrogens with zero attached hydrogens (tertiary/aromatic N) is 1. The number of ether oxygens (including phenoxy) is 2. The minimum absolute atomic E-state index is 0.196. The van der Waals surface area contributed by atoms with Crippen LogP contribution < -0.4 is 20.1 Å². The molecule has 1 amide bonds. The highest BCUT2D eigenvalue weighted by atomic mass is 32.1. The molecular weight excluding hydrogens is 362 g/mol. The largest absolute Gasteiger partial charge is 0.486 e. The van der Waals surface area contributed by atoms with Gasteiger partial charge in [-0.25, -0.2) is 4.98 Å². The molecule has 6 nitrogen and oxygen atoms in total. The molecule has 27 heavy (non-hydrogen) atoms. The maximum Gasteiger partial charge on any atom is 0.267 e. The van der Waals surface area contributed by atoms with Crippen molar-refractivity contribution >= 4 is 33.8 Å². The molecule has 4 rings (SSSR count). The first-order chi connectivity index (χ1) is 13.1. The zero-order valence-corrected chi connectivity index (χ0v) is 15.9. The third-order valence-electron chi connectivity index (χ3n) is 4.11. The molecule has 0 radical (unpaired) electrons. The highest BCUT2D eigenvalue weighted by Gasteiger charge is 2.17. The number of hydrogen-bond donors (Lipinski definition) is 2. The van der Waals surface area contributed by atoms with Crippen molar-refractivity contribution in [1.82, 2.24) is 4.98 Å². The SMILES string of the molecule is Cc1ccc(Nc2nc(C)c(C(=O)Nc3ccc4c(c3)OCCO4)s2)cc1. The fourth-order valence-electron chi connectivity index (χ4n) is 2.73. The molecule has 0 bridgehead atoms. The summed E-state index contributed by atoms with van der Waals surface area (Å²) in [6.45, 7) is 4.91. The Morgan fingerprint density at radius 3 is 2.48 bits per heavy atom. The summed E-state index contributed by atoms with van der Waals surface area (Å²) >= 11 is 1.32. The second-order valence-electron chi connectivity index (χ2n) is 6.24. The van der Waals surface area contributed by atoms with Crippen LogP contribution in [-0.4, -0.2) is 24.1 Å². The predicted octanol–water partition coefficient (Wildman–Crippen LogP) is 4.53. The molecule has 0 aliphatic carbocycles. The van der Waals surface area contributed by atoms with Crippen molar-refractivity contribution in [2.24, 2.45) is 0 Å². The molecule has 0 unspecified atom stereocenters. The number of rotatable bonds is 4. The molecule has 7 heteroatoms. The molecule has 1 aliphatic rings. The average molecular weight is 381 g/mol. The van der Waals surface area contributed by atoms with E-state index in [9.17, 15) is 4.79 Å². The lowest BCUT2D eigenvalue weighted by Gasteiger charge is -2.18. The number of aryl methyl sites for hydroxylation is 2. The molecule has 3 aromatic rings. The number of fused-ring (bicyclic) bond motifs is 1. The standard InChI is InChI=1S/C20H19N3O3S/c1-12-3-5-14(6-4-12)23-20-21-13(2)18(27-20)19(24)22-15-7-8-16-17(11-15)26-10-9-25-16/h3-8,11H,9-10H2,1-2H3,(H,21,23)(H,22,24). The summed E-state index contributed by atoms with van der Waals surface area (Å²) in [4.78, 5) is 17.7. The molecule has 138 valence electrons. The monoisotopic (exact) mass is 381 g/mol.